The van der Waals surface area contributed by atoms with Crippen molar-refractivity contribution < 1.29 is 4.42 Å². The van der Waals surface area contributed by atoms with Gasteiger partial charge in [0.1, 0.15) is 11.2 Å². The monoisotopic (exact) mass is 746 g/mol. The van der Waals surface area contributed by atoms with E-state index < -0.39 is 0 Å². The SMILES string of the molecule is c1ccc(-c2cccc(-c3nc(-c4cccc5c4sc4c5ccc5c4c4ccccc4n5-c4ccccc4)nc(-c4cccc5oc6ccccc6c45)n3)c2)cc1. The lowest BCUT2D eigenvalue weighted by molar-refractivity contribution is 0.669. The maximum atomic E-state index is 6.32. The lowest BCUT2D eigenvalue weighted by Crippen LogP contribution is -2.00. The van der Waals surface area contributed by atoms with Gasteiger partial charge < -0.3 is 8.98 Å². The highest BCUT2D eigenvalue weighted by molar-refractivity contribution is 7.27. The molecule has 6 heteroatoms. The van der Waals surface area contributed by atoms with E-state index in [1.807, 2.05) is 47.7 Å². The van der Waals surface area contributed by atoms with Gasteiger partial charge in [0.25, 0.3) is 0 Å². The predicted octanol–water partition coefficient (Wildman–Crippen LogP) is 13.9. The highest BCUT2D eigenvalue weighted by Gasteiger charge is 2.22. The summed E-state index contributed by atoms with van der Waals surface area (Å²) in [6.45, 7) is 0. The van der Waals surface area contributed by atoms with Crippen LogP contribution in [0, 0.1) is 0 Å². The second-order valence-electron chi connectivity index (χ2n) is 14.3. The maximum absolute atomic E-state index is 6.32. The first-order valence-corrected chi connectivity index (χ1v) is 19.8. The Hall–Kier alpha value is -7.41. The van der Waals surface area contributed by atoms with E-state index in [2.05, 4.69) is 150 Å². The summed E-state index contributed by atoms with van der Waals surface area (Å²) in [5, 5.41) is 6.92. The fraction of sp³-hybridized carbons (Fsp3) is 0. The lowest BCUT2D eigenvalue weighted by atomic mass is 10.0. The van der Waals surface area contributed by atoms with Crippen LogP contribution in [-0.2, 0) is 0 Å². The molecule has 4 heterocycles. The molecule has 0 spiro atoms. The molecule has 266 valence electrons. The molecule has 0 aliphatic heterocycles. The quantitative estimate of drug-likeness (QED) is 0.176. The molecule has 0 radical (unpaired) electrons. The molecular formula is C51H30N4OS. The van der Waals surface area contributed by atoms with Crippen molar-refractivity contribution in [2.24, 2.45) is 0 Å². The van der Waals surface area contributed by atoms with Gasteiger partial charge in [0.2, 0.25) is 0 Å². The zero-order valence-electron chi connectivity index (χ0n) is 30.4. The topological polar surface area (TPSA) is 56.7 Å². The zero-order valence-corrected chi connectivity index (χ0v) is 31.2. The van der Waals surface area contributed by atoms with Crippen molar-refractivity contribution in [3.05, 3.63) is 182 Å². The van der Waals surface area contributed by atoms with Gasteiger partial charge in [-0.3, -0.25) is 0 Å². The minimum Gasteiger partial charge on any atom is -0.456 e. The van der Waals surface area contributed by atoms with Gasteiger partial charge in [-0.05, 0) is 59.7 Å². The van der Waals surface area contributed by atoms with Gasteiger partial charge in [0.15, 0.2) is 17.5 Å². The summed E-state index contributed by atoms with van der Waals surface area (Å²) in [6.07, 6.45) is 0. The molecule has 0 bridgehead atoms. The maximum Gasteiger partial charge on any atom is 0.165 e. The second kappa shape index (κ2) is 12.6. The highest BCUT2D eigenvalue weighted by Crippen LogP contribution is 2.46. The Morgan fingerprint density at radius 1 is 0.386 bits per heavy atom. The van der Waals surface area contributed by atoms with Crippen LogP contribution < -0.4 is 0 Å². The molecule has 0 atom stereocenters. The number of rotatable bonds is 5. The molecule has 12 rings (SSSR count). The Morgan fingerprint density at radius 3 is 1.88 bits per heavy atom. The Balaban J connectivity index is 1.13. The molecule has 4 aromatic heterocycles. The van der Waals surface area contributed by atoms with Crippen molar-refractivity contribution in [1.82, 2.24) is 19.5 Å². The summed E-state index contributed by atoms with van der Waals surface area (Å²) >= 11 is 1.82. The summed E-state index contributed by atoms with van der Waals surface area (Å²) in [6, 6.07) is 63.6. The molecule has 0 aliphatic carbocycles. The van der Waals surface area contributed by atoms with Gasteiger partial charge >= 0.3 is 0 Å². The standard InChI is InChI=1S/C51H30N4OS/c1-3-14-31(15-4-1)32-16-11-17-33(30-32)49-52-50(39-23-13-27-44-45(39)38-21-8-10-26-43(38)56-44)54-51(53-49)40-24-12-22-35-36-28-29-42-46(48(36)57-47(35)40)37-20-7-9-25-41(37)55(42)34-18-5-2-6-19-34/h1-30H. The van der Waals surface area contributed by atoms with E-state index in [-0.39, 0.29) is 0 Å². The molecule has 5 nitrogen and oxygen atoms in total. The van der Waals surface area contributed by atoms with Crippen LogP contribution in [0.25, 0.3) is 115 Å². The number of furan rings is 1. The third-order valence-corrected chi connectivity index (χ3v) is 12.3. The average molecular weight is 747 g/mol. The van der Waals surface area contributed by atoms with E-state index in [9.17, 15) is 0 Å². The Labute approximate surface area is 330 Å². The first-order chi connectivity index (χ1) is 28.3. The Bertz CT molecular complexity index is 3530. The number of hydrogen-bond donors (Lipinski definition) is 0. The predicted molar refractivity (Wildman–Crippen MR) is 236 cm³/mol. The Morgan fingerprint density at radius 2 is 1.00 bits per heavy atom. The molecule has 0 fully saturated rings. The molecule has 0 unspecified atom stereocenters. The van der Waals surface area contributed by atoms with Gasteiger partial charge in [0, 0.05) is 64.1 Å². The van der Waals surface area contributed by atoms with Crippen molar-refractivity contribution in [2.75, 3.05) is 0 Å². The molecule has 0 amide bonds. The van der Waals surface area contributed by atoms with E-state index in [0.29, 0.717) is 17.5 Å². The van der Waals surface area contributed by atoms with Crippen molar-refractivity contribution in [1.29, 1.82) is 0 Å². The molecule has 0 aliphatic rings. The summed E-state index contributed by atoms with van der Waals surface area (Å²) in [5.74, 6) is 1.85. The molecule has 0 saturated heterocycles. The van der Waals surface area contributed by atoms with Crippen LogP contribution in [0.2, 0.25) is 0 Å². The highest BCUT2D eigenvalue weighted by atomic mass is 32.1. The zero-order chi connectivity index (χ0) is 37.5. The summed E-state index contributed by atoms with van der Waals surface area (Å²) in [5.41, 5.74) is 10.2. The number of hydrogen-bond acceptors (Lipinski definition) is 5. The van der Waals surface area contributed by atoms with Crippen LogP contribution in [0.1, 0.15) is 0 Å². The van der Waals surface area contributed by atoms with Crippen LogP contribution in [0.3, 0.4) is 0 Å². The van der Waals surface area contributed by atoms with Gasteiger partial charge in [-0.15, -0.1) is 11.3 Å². The van der Waals surface area contributed by atoms with Crippen LogP contribution in [-0.4, -0.2) is 19.5 Å². The number of thiophene rings is 1. The second-order valence-corrected chi connectivity index (χ2v) is 15.4. The lowest BCUT2D eigenvalue weighted by Gasteiger charge is -2.11. The van der Waals surface area contributed by atoms with E-state index in [0.717, 1.165) is 60.1 Å². The van der Waals surface area contributed by atoms with Crippen LogP contribution in [0.15, 0.2) is 186 Å². The Kier molecular flexibility index (Phi) is 7.03. The van der Waals surface area contributed by atoms with Gasteiger partial charge in [0.05, 0.1) is 11.0 Å². The smallest absolute Gasteiger partial charge is 0.165 e. The summed E-state index contributed by atoms with van der Waals surface area (Å²) in [4.78, 5) is 15.9. The van der Waals surface area contributed by atoms with Crippen molar-refractivity contribution in [3.63, 3.8) is 0 Å². The molecule has 12 aromatic rings. The fourth-order valence-corrected chi connectivity index (χ4v) is 9.88. The van der Waals surface area contributed by atoms with Crippen LogP contribution in [0.5, 0.6) is 0 Å². The van der Waals surface area contributed by atoms with Gasteiger partial charge in [-0.1, -0.05) is 133 Å². The van der Waals surface area contributed by atoms with E-state index in [4.69, 9.17) is 19.4 Å². The van der Waals surface area contributed by atoms with Crippen LogP contribution in [0.4, 0.5) is 0 Å². The van der Waals surface area contributed by atoms with Crippen LogP contribution >= 0.6 is 11.3 Å². The summed E-state index contributed by atoms with van der Waals surface area (Å²) < 4.78 is 11.1. The van der Waals surface area contributed by atoms with Gasteiger partial charge in [-0.25, -0.2) is 15.0 Å². The van der Waals surface area contributed by atoms with Crippen molar-refractivity contribution in [2.45, 2.75) is 0 Å². The molecule has 57 heavy (non-hydrogen) atoms. The fourth-order valence-electron chi connectivity index (χ4n) is 8.51. The van der Waals surface area contributed by atoms with Gasteiger partial charge in [-0.2, -0.15) is 0 Å². The average Bonchev–Trinajstić information content (AvgIpc) is 3.96. The van der Waals surface area contributed by atoms with E-state index in [1.165, 1.54) is 37.3 Å². The minimum absolute atomic E-state index is 0.601. The van der Waals surface area contributed by atoms with E-state index >= 15 is 0 Å². The number of para-hydroxylation sites is 3. The van der Waals surface area contributed by atoms with E-state index in [1.54, 1.807) is 0 Å². The number of aromatic nitrogens is 4. The first-order valence-electron chi connectivity index (χ1n) is 19.0. The molecular weight excluding hydrogens is 717 g/mol. The largest absolute Gasteiger partial charge is 0.456 e. The first kappa shape index (κ1) is 31.9. The molecule has 0 N–H and O–H groups in total. The summed E-state index contributed by atoms with van der Waals surface area (Å²) in [7, 11) is 0. The third kappa shape index (κ3) is 4.98. The normalized spacial score (nSPS) is 11.9. The molecule has 0 saturated carbocycles. The molecule has 8 aromatic carbocycles. The minimum atomic E-state index is 0.601. The number of fused-ring (bicyclic) bond motifs is 10. The van der Waals surface area contributed by atoms with Crippen molar-refractivity contribution >= 4 is 75.3 Å². The van der Waals surface area contributed by atoms with Crippen molar-refractivity contribution in [3.8, 4) is 51.0 Å². The number of benzene rings is 8. The number of nitrogens with zero attached hydrogens (tertiary/aromatic N) is 4. The third-order valence-electron chi connectivity index (χ3n) is 11.1.